The van der Waals surface area contributed by atoms with Gasteiger partial charge in [-0.3, -0.25) is 4.79 Å². The molecule has 1 heterocycles. The van der Waals surface area contributed by atoms with Crippen LogP contribution in [0.5, 0.6) is 0 Å². The molecule has 0 aromatic rings. The number of hydrogen-bond donors (Lipinski definition) is 1. The lowest BCUT2D eigenvalue weighted by Crippen LogP contribution is -2.41. The first-order chi connectivity index (χ1) is 9.24. The zero-order valence-electron chi connectivity index (χ0n) is 12.7. The number of nitrogens with zero attached hydrogens (tertiary/aromatic N) is 1. The monoisotopic (exact) mass is 268 g/mol. The molecule has 0 radical (unpaired) electrons. The van der Waals surface area contributed by atoms with E-state index < -0.39 is 0 Å². The summed E-state index contributed by atoms with van der Waals surface area (Å²) in [4.78, 5) is 13.6. The van der Waals surface area contributed by atoms with Gasteiger partial charge in [-0.1, -0.05) is 51.9 Å². The Bertz CT molecular complexity index is 243. The van der Waals surface area contributed by atoms with Crippen molar-refractivity contribution in [1.29, 1.82) is 0 Å². The van der Waals surface area contributed by atoms with E-state index in [4.69, 9.17) is 5.73 Å². The van der Waals surface area contributed by atoms with Crippen LogP contribution in [0.15, 0.2) is 0 Å². The molecule has 0 aromatic heterocycles. The van der Waals surface area contributed by atoms with E-state index in [1.807, 2.05) is 0 Å². The number of piperidine rings is 1. The number of unbranched alkanes of at least 4 members (excludes halogenated alkanes) is 7. The fourth-order valence-corrected chi connectivity index (χ4v) is 2.96. The Morgan fingerprint density at radius 3 is 2.37 bits per heavy atom. The molecule has 3 heteroatoms. The number of primary amides is 1. The molecule has 0 aromatic carbocycles. The second-order valence-electron chi connectivity index (χ2n) is 6.02. The maximum atomic E-state index is 11.2. The summed E-state index contributed by atoms with van der Waals surface area (Å²) in [7, 11) is 0. The Hall–Kier alpha value is -0.570. The Morgan fingerprint density at radius 1 is 1.11 bits per heavy atom. The number of amides is 1. The summed E-state index contributed by atoms with van der Waals surface area (Å²) in [6, 6.07) is 0. The molecule has 1 atom stereocenters. The van der Waals surface area contributed by atoms with E-state index in [1.165, 1.54) is 51.4 Å². The fourth-order valence-electron chi connectivity index (χ4n) is 2.96. The molecule has 19 heavy (non-hydrogen) atoms. The van der Waals surface area contributed by atoms with Gasteiger partial charge in [0, 0.05) is 6.54 Å². The molecule has 0 spiro atoms. The van der Waals surface area contributed by atoms with Crippen molar-refractivity contribution in [1.82, 2.24) is 4.90 Å². The molecule has 2 N–H and O–H groups in total. The predicted octanol–water partition coefficient (Wildman–Crippen LogP) is 3.32. The predicted molar refractivity (Wildman–Crippen MR) is 81.0 cm³/mol. The van der Waals surface area contributed by atoms with Crippen molar-refractivity contribution in [3.8, 4) is 0 Å². The second-order valence-corrected chi connectivity index (χ2v) is 6.02. The van der Waals surface area contributed by atoms with E-state index in [2.05, 4.69) is 11.8 Å². The third-order valence-corrected chi connectivity index (χ3v) is 4.24. The zero-order chi connectivity index (χ0) is 13.9. The first-order valence-electron chi connectivity index (χ1n) is 8.25. The lowest BCUT2D eigenvalue weighted by atomic mass is 9.97. The molecule has 1 amide bonds. The standard InChI is InChI=1S/C16H32N2O/c1-2-3-4-5-6-7-8-9-12-18-13-10-11-15(14-18)16(17)19/h15H,2-14H2,1H3,(H2,17,19). The SMILES string of the molecule is CCCCCCCCCCN1CCCC(C(N)=O)C1. The third-order valence-electron chi connectivity index (χ3n) is 4.24. The molecular formula is C16H32N2O. The van der Waals surface area contributed by atoms with E-state index >= 15 is 0 Å². The van der Waals surface area contributed by atoms with Crippen LogP contribution in [0, 0.1) is 5.92 Å². The molecule has 0 saturated carbocycles. The molecule has 0 aliphatic carbocycles. The van der Waals surface area contributed by atoms with Gasteiger partial charge in [0.25, 0.3) is 0 Å². The Balaban J connectivity index is 1.95. The Morgan fingerprint density at radius 2 is 1.74 bits per heavy atom. The average molecular weight is 268 g/mol. The molecule has 1 unspecified atom stereocenters. The summed E-state index contributed by atoms with van der Waals surface area (Å²) in [5, 5.41) is 0. The van der Waals surface area contributed by atoms with Gasteiger partial charge < -0.3 is 10.6 Å². The van der Waals surface area contributed by atoms with Crippen molar-refractivity contribution in [3.63, 3.8) is 0 Å². The van der Waals surface area contributed by atoms with Gasteiger partial charge in [0.15, 0.2) is 0 Å². The topological polar surface area (TPSA) is 46.3 Å². The van der Waals surface area contributed by atoms with Crippen LogP contribution in [0.4, 0.5) is 0 Å². The summed E-state index contributed by atoms with van der Waals surface area (Å²) in [5.74, 6) is -0.0107. The quantitative estimate of drug-likeness (QED) is 0.618. The molecule has 1 aliphatic rings. The van der Waals surface area contributed by atoms with Gasteiger partial charge in [-0.05, 0) is 32.4 Å². The van der Waals surface area contributed by atoms with Gasteiger partial charge in [-0.25, -0.2) is 0 Å². The van der Waals surface area contributed by atoms with Crippen molar-refractivity contribution in [2.24, 2.45) is 11.7 Å². The first-order valence-corrected chi connectivity index (χ1v) is 8.25. The number of carbonyl (C=O) groups is 1. The van der Waals surface area contributed by atoms with Crippen molar-refractivity contribution in [3.05, 3.63) is 0 Å². The van der Waals surface area contributed by atoms with Gasteiger partial charge in [0.2, 0.25) is 5.91 Å². The van der Waals surface area contributed by atoms with Crippen LogP contribution in [0.1, 0.15) is 71.1 Å². The Labute approximate surface area is 118 Å². The number of likely N-dealkylation sites (tertiary alicyclic amines) is 1. The fraction of sp³-hybridized carbons (Fsp3) is 0.938. The van der Waals surface area contributed by atoms with Crippen LogP contribution < -0.4 is 5.73 Å². The highest BCUT2D eigenvalue weighted by Gasteiger charge is 2.23. The smallest absolute Gasteiger partial charge is 0.221 e. The van der Waals surface area contributed by atoms with Crippen LogP contribution >= 0.6 is 0 Å². The molecule has 1 fully saturated rings. The second kappa shape index (κ2) is 10.2. The largest absolute Gasteiger partial charge is 0.369 e. The minimum atomic E-state index is -0.111. The number of rotatable bonds is 10. The molecule has 112 valence electrons. The third kappa shape index (κ3) is 7.56. The van der Waals surface area contributed by atoms with Crippen molar-refractivity contribution >= 4 is 5.91 Å². The number of nitrogens with two attached hydrogens (primary N) is 1. The maximum absolute atomic E-state index is 11.2. The molecule has 1 saturated heterocycles. The number of hydrogen-bond acceptors (Lipinski definition) is 2. The minimum absolute atomic E-state index is 0.0998. The summed E-state index contributed by atoms with van der Waals surface area (Å²) in [6.07, 6.45) is 13.0. The van der Waals surface area contributed by atoms with Crippen LogP contribution in [-0.4, -0.2) is 30.4 Å². The van der Waals surface area contributed by atoms with Gasteiger partial charge >= 0.3 is 0 Å². The lowest BCUT2D eigenvalue weighted by Gasteiger charge is -2.31. The Kier molecular flexibility index (Phi) is 8.89. The first kappa shape index (κ1) is 16.5. The minimum Gasteiger partial charge on any atom is -0.369 e. The van der Waals surface area contributed by atoms with Crippen molar-refractivity contribution in [2.45, 2.75) is 71.1 Å². The highest BCUT2D eigenvalue weighted by molar-refractivity contribution is 5.76. The maximum Gasteiger partial charge on any atom is 0.221 e. The van der Waals surface area contributed by atoms with E-state index in [0.717, 1.165) is 32.5 Å². The highest BCUT2D eigenvalue weighted by Crippen LogP contribution is 2.17. The zero-order valence-corrected chi connectivity index (χ0v) is 12.7. The summed E-state index contributed by atoms with van der Waals surface area (Å²) < 4.78 is 0. The highest BCUT2D eigenvalue weighted by atomic mass is 16.1. The molecule has 1 rings (SSSR count). The van der Waals surface area contributed by atoms with E-state index in [-0.39, 0.29) is 11.8 Å². The summed E-state index contributed by atoms with van der Waals surface area (Å²) >= 11 is 0. The van der Waals surface area contributed by atoms with E-state index in [1.54, 1.807) is 0 Å². The summed E-state index contributed by atoms with van der Waals surface area (Å²) in [6.45, 7) is 5.46. The average Bonchev–Trinajstić information content (AvgIpc) is 2.42. The van der Waals surface area contributed by atoms with Crippen LogP contribution in [0.2, 0.25) is 0 Å². The molecular weight excluding hydrogens is 236 g/mol. The van der Waals surface area contributed by atoms with Crippen LogP contribution in [-0.2, 0) is 4.79 Å². The lowest BCUT2D eigenvalue weighted by molar-refractivity contribution is -0.123. The normalized spacial score (nSPS) is 20.6. The van der Waals surface area contributed by atoms with Crippen molar-refractivity contribution < 1.29 is 4.79 Å². The molecule has 1 aliphatic heterocycles. The van der Waals surface area contributed by atoms with Gasteiger partial charge in [-0.15, -0.1) is 0 Å². The summed E-state index contributed by atoms with van der Waals surface area (Å²) in [5.41, 5.74) is 5.40. The number of carbonyl (C=O) groups excluding carboxylic acids is 1. The van der Waals surface area contributed by atoms with Crippen LogP contribution in [0.3, 0.4) is 0 Å². The van der Waals surface area contributed by atoms with Gasteiger partial charge in [0.05, 0.1) is 5.92 Å². The molecule has 3 nitrogen and oxygen atoms in total. The molecule has 0 bridgehead atoms. The van der Waals surface area contributed by atoms with Gasteiger partial charge in [0.1, 0.15) is 0 Å². The van der Waals surface area contributed by atoms with E-state index in [9.17, 15) is 4.79 Å². The van der Waals surface area contributed by atoms with Gasteiger partial charge in [-0.2, -0.15) is 0 Å². The van der Waals surface area contributed by atoms with Crippen LogP contribution in [0.25, 0.3) is 0 Å². The van der Waals surface area contributed by atoms with Crippen molar-refractivity contribution in [2.75, 3.05) is 19.6 Å². The van der Waals surface area contributed by atoms with E-state index in [0.29, 0.717) is 0 Å².